The van der Waals surface area contributed by atoms with Crippen LogP contribution in [0, 0.1) is 3.57 Å². The summed E-state index contributed by atoms with van der Waals surface area (Å²) >= 11 is 8.67. The van der Waals surface area contributed by atoms with E-state index < -0.39 is 5.91 Å². The van der Waals surface area contributed by atoms with E-state index in [0.29, 0.717) is 14.9 Å². The van der Waals surface area contributed by atoms with Gasteiger partial charge in [0, 0.05) is 14.5 Å². The molecule has 8 heteroatoms. The molecule has 0 spiro atoms. The van der Waals surface area contributed by atoms with Gasteiger partial charge in [0.15, 0.2) is 6.61 Å². The molecule has 120 valence electrons. The van der Waals surface area contributed by atoms with Crippen molar-refractivity contribution in [2.24, 2.45) is 5.10 Å². The maximum atomic E-state index is 11.7. The Morgan fingerprint density at radius 1 is 1.26 bits per heavy atom. The number of aromatic hydroxyl groups is 1. The topological polar surface area (TPSA) is 70.9 Å². The number of carbonyl (C=O) groups excluding carboxylic acids is 1. The fraction of sp³-hybridized carbons (Fsp3) is 0.0667. The minimum absolute atomic E-state index is 0.109. The lowest BCUT2D eigenvalue weighted by molar-refractivity contribution is -0.123. The molecule has 0 aliphatic heterocycles. The van der Waals surface area contributed by atoms with Gasteiger partial charge in [0.1, 0.15) is 11.5 Å². The van der Waals surface area contributed by atoms with Crippen LogP contribution in [-0.2, 0) is 4.79 Å². The SMILES string of the molecule is O=C(COc1ccc(Br)cc1)N/N=C\c1cc(Br)cc(I)c1O. The minimum atomic E-state index is -0.395. The van der Waals surface area contributed by atoms with Crippen LogP contribution < -0.4 is 10.2 Å². The molecule has 0 heterocycles. The zero-order valence-corrected chi connectivity index (χ0v) is 16.9. The molecule has 0 aliphatic rings. The molecule has 0 atom stereocenters. The molecular weight excluding hydrogens is 543 g/mol. The number of phenols is 1. The monoisotopic (exact) mass is 552 g/mol. The number of ether oxygens (including phenoxy) is 1. The zero-order valence-electron chi connectivity index (χ0n) is 11.6. The first-order valence-corrected chi connectivity index (χ1v) is 9.00. The second-order valence-electron chi connectivity index (χ2n) is 4.36. The minimum Gasteiger partial charge on any atom is -0.506 e. The lowest BCUT2D eigenvalue weighted by Gasteiger charge is -2.05. The molecule has 0 radical (unpaired) electrons. The number of hydrazone groups is 1. The predicted molar refractivity (Wildman–Crippen MR) is 104 cm³/mol. The van der Waals surface area contributed by atoms with Crippen LogP contribution in [0.15, 0.2) is 50.4 Å². The van der Waals surface area contributed by atoms with E-state index in [1.165, 1.54) is 6.21 Å². The lowest BCUT2D eigenvalue weighted by Crippen LogP contribution is -2.24. The molecule has 2 N–H and O–H groups in total. The van der Waals surface area contributed by atoms with Gasteiger partial charge in [-0.05, 0) is 59.0 Å². The largest absolute Gasteiger partial charge is 0.506 e. The number of benzene rings is 2. The number of carbonyl (C=O) groups is 1. The van der Waals surface area contributed by atoms with Crippen LogP contribution in [0.2, 0.25) is 0 Å². The van der Waals surface area contributed by atoms with Crippen molar-refractivity contribution in [3.05, 3.63) is 54.5 Å². The van der Waals surface area contributed by atoms with Crippen molar-refractivity contribution < 1.29 is 14.6 Å². The van der Waals surface area contributed by atoms with E-state index in [-0.39, 0.29) is 12.4 Å². The maximum Gasteiger partial charge on any atom is 0.277 e. The summed E-state index contributed by atoms with van der Waals surface area (Å²) in [5.74, 6) is 0.304. The van der Waals surface area contributed by atoms with Gasteiger partial charge in [-0.15, -0.1) is 0 Å². The third-order valence-corrected chi connectivity index (χ3v) is 4.44. The van der Waals surface area contributed by atoms with Crippen molar-refractivity contribution in [1.82, 2.24) is 5.43 Å². The maximum absolute atomic E-state index is 11.7. The predicted octanol–water partition coefficient (Wildman–Crippen LogP) is 4.05. The number of hydrogen-bond donors (Lipinski definition) is 2. The Balaban J connectivity index is 1.88. The van der Waals surface area contributed by atoms with Crippen molar-refractivity contribution in [1.29, 1.82) is 0 Å². The van der Waals surface area contributed by atoms with Crippen molar-refractivity contribution in [2.75, 3.05) is 6.61 Å². The van der Waals surface area contributed by atoms with E-state index in [0.717, 1.165) is 8.95 Å². The van der Waals surface area contributed by atoms with E-state index >= 15 is 0 Å². The van der Waals surface area contributed by atoms with Gasteiger partial charge in [0.25, 0.3) is 5.91 Å². The quantitative estimate of drug-likeness (QED) is 0.333. The van der Waals surface area contributed by atoms with Crippen LogP contribution in [0.5, 0.6) is 11.5 Å². The molecule has 5 nitrogen and oxygen atoms in total. The van der Waals surface area contributed by atoms with Gasteiger partial charge >= 0.3 is 0 Å². The van der Waals surface area contributed by atoms with Gasteiger partial charge < -0.3 is 9.84 Å². The molecule has 0 fully saturated rings. The summed E-state index contributed by atoms with van der Waals surface area (Å²) in [6.45, 7) is -0.152. The second kappa shape index (κ2) is 8.65. The van der Waals surface area contributed by atoms with Gasteiger partial charge in [-0.3, -0.25) is 4.79 Å². The molecule has 23 heavy (non-hydrogen) atoms. The molecule has 0 bridgehead atoms. The second-order valence-corrected chi connectivity index (χ2v) is 7.35. The Kier molecular flexibility index (Phi) is 6.85. The number of nitrogens with one attached hydrogen (secondary N) is 1. The van der Waals surface area contributed by atoms with E-state index in [4.69, 9.17) is 4.74 Å². The number of hydrogen-bond acceptors (Lipinski definition) is 4. The zero-order chi connectivity index (χ0) is 16.8. The standard InChI is InChI=1S/C15H11Br2IN2O3/c16-10-1-3-12(4-2-10)23-8-14(21)20-19-7-9-5-11(17)6-13(18)15(9)22/h1-7,22H,8H2,(H,20,21)/b19-7-. The first kappa shape index (κ1) is 18.2. The van der Waals surface area contributed by atoms with Gasteiger partial charge in [0.2, 0.25) is 0 Å². The van der Waals surface area contributed by atoms with Crippen molar-refractivity contribution in [3.63, 3.8) is 0 Å². The number of halogens is 3. The smallest absolute Gasteiger partial charge is 0.277 e. The third-order valence-electron chi connectivity index (χ3n) is 2.63. The van der Waals surface area contributed by atoms with Gasteiger partial charge in [-0.1, -0.05) is 31.9 Å². The highest BCUT2D eigenvalue weighted by molar-refractivity contribution is 14.1. The van der Waals surface area contributed by atoms with Crippen molar-refractivity contribution in [3.8, 4) is 11.5 Å². The molecule has 0 aromatic heterocycles. The van der Waals surface area contributed by atoms with Crippen molar-refractivity contribution in [2.45, 2.75) is 0 Å². The van der Waals surface area contributed by atoms with Crippen LogP contribution in [0.3, 0.4) is 0 Å². The highest BCUT2D eigenvalue weighted by Crippen LogP contribution is 2.27. The average molecular weight is 554 g/mol. The normalized spacial score (nSPS) is 10.7. The molecule has 2 aromatic carbocycles. The summed E-state index contributed by atoms with van der Waals surface area (Å²) in [5, 5.41) is 13.7. The highest BCUT2D eigenvalue weighted by Gasteiger charge is 2.06. The summed E-state index contributed by atoms with van der Waals surface area (Å²) in [5.41, 5.74) is 2.84. The van der Waals surface area contributed by atoms with Crippen LogP contribution in [-0.4, -0.2) is 23.8 Å². The van der Waals surface area contributed by atoms with E-state index in [1.807, 2.05) is 34.7 Å². The molecular formula is C15H11Br2IN2O3. The summed E-state index contributed by atoms with van der Waals surface area (Å²) < 4.78 is 7.75. The third kappa shape index (κ3) is 5.78. The summed E-state index contributed by atoms with van der Waals surface area (Å²) in [4.78, 5) is 11.7. The Labute approximate surface area is 163 Å². The van der Waals surface area contributed by atoms with Crippen LogP contribution in [0.25, 0.3) is 0 Å². The summed E-state index contributed by atoms with van der Waals surface area (Å²) in [6, 6.07) is 10.6. The molecule has 0 saturated carbocycles. The molecule has 0 unspecified atom stereocenters. The number of rotatable bonds is 5. The molecule has 2 rings (SSSR count). The van der Waals surface area contributed by atoms with Crippen LogP contribution in [0.1, 0.15) is 5.56 Å². The van der Waals surface area contributed by atoms with E-state index in [1.54, 1.807) is 24.3 Å². The van der Waals surface area contributed by atoms with Gasteiger partial charge in [-0.2, -0.15) is 5.10 Å². The Morgan fingerprint density at radius 3 is 2.65 bits per heavy atom. The molecule has 2 aromatic rings. The highest BCUT2D eigenvalue weighted by atomic mass is 127. The van der Waals surface area contributed by atoms with Crippen molar-refractivity contribution >= 4 is 66.6 Å². The number of amides is 1. The van der Waals surface area contributed by atoms with Crippen LogP contribution >= 0.6 is 54.5 Å². The number of phenolic OH excluding ortho intramolecular Hbond substituents is 1. The summed E-state index contributed by atoms with van der Waals surface area (Å²) in [6.07, 6.45) is 1.37. The molecule has 0 saturated heterocycles. The van der Waals surface area contributed by atoms with Gasteiger partial charge in [0.05, 0.1) is 9.78 Å². The Morgan fingerprint density at radius 2 is 1.96 bits per heavy atom. The average Bonchev–Trinajstić information content (AvgIpc) is 2.51. The Hall–Kier alpha value is -1.13. The van der Waals surface area contributed by atoms with Gasteiger partial charge in [-0.25, -0.2) is 5.43 Å². The fourth-order valence-corrected chi connectivity index (χ4v) is 3.38. The van der Waals surface area contributed by atoms with E-state index in [9.17, 15) is 9.90 Å². The Bertz CT molecular complexity index is 736. The molecule has 1 amide bonds. The lowest BCUT2D eigenvalue weighted by atomic mass is 10.2. The van der Waals surface area contributed by atoms with E-state index in [2.05, 4.69) is 42.4 Å². The first-order chi connectivity index (χ1) is 11.0. The van der Waals surface area contributed by atoms with Crippen LogP contribution in [0.4, 0.5) is 0 Å². The summed E-state index contributed by atoms with van der Waals surface area (Å²) in [7, 11) is 0. The number of nitrogens with zero attached hydrogens (tertiary/aromatic N) is 1. The fourth-order valence-electron chi connectivity index (χ4n) is 1.57. The molecule has 0 aliphatic carbocycles. The first-order valence-electron chi connectivity index (χ1n) is 6.34.